The van der Waals surface area contributed by atoms with Crippen LogP contribution in [0.1, 0.15) is 0 Å². The van der Waals surface area contributed by atoms with Crippen LogP contribution in [0.5, 0.6) is 0 Å². The van der Waals surface area contributed by atoms with Crippen molar-refractivity contribution in [1.29, 1.82) is 0 Å². The van der Waals surface area contributed by atoms with Crippen molar-refractivity contribution in [2.24, 2.45) is 0 Å². The van der Waals surface area contributed by atoms with Gasteiger partial charge in [0.2, 0.25) is 0 Å². The summed E-state index contributed by atoms with van der Waals surface area (Å²) in [7, 11) is 0. The average molecular weight is 1400 g/mol. The fourth-order valence-electron chi connectivity index (χ4n) is 15.5. The van der Waals surface area contributed by atoms with E-state index in [1.54, 1.807) is 22.7 Å². The maximum absolute atomic E-state index is 6.46. The predicted octanol–water partition coefficient (Wildman–Crippen LogP) is 25.9. The molecule has 0 aliphatic heterocycles. The molecular weight excluding hydrogens is 1350 g/mol. The van der Waals surface area contributed by atoms with Gasteiger partial charge in [0.1, 0.15) is 11.2 Å². The predicted molar refractivity (Wildman–Crippen MR) is 445 cm³/mol. The number of benzene rings is 15. The van der Waals surface area contributed by atoms with E-state index in [9.17, 15) is 0 Å². The van der Waals surface area contributed by atoms with Crippen LogP contribution in [0.15, 0.2) is 356 Å². The lowest BCUT2D eigenvalue weighted by Gasteiger charge is -2.10. The molecule has 0 N–H and O–H groups in total. The Labute approximate surface area is 621 Å². The Bertz CT molecular complexity index is 7190. The minimum Gasteiger partial charge on any atom is -0.455 e. The Morgan fingerprint density at radius 3 is 1.02 bits per heavy atom. The van der Waals surface area contributed by atoms with Gasteiger partial charge in [-0.05, 0) is 119 Å². The summed E-state index contributed by atoms with van der Waals surface area (Å²) in [4.78, 5) is 30.5. The zero-order valence-corrected chi connectivity index (χ0v) is 58.9. The second-order valence-corrected chi connectivity index (χ2v) is 28.9. The van der Waals surface area contributed by atoms with Crippen molar-refractivity contribution in [2.75, 3.05) is 0 Å². The summed E-state index contributed by atoms with van der Waals surface area (Å²) in [5.41, 5.74) is 19.1. The van der Waals surface area contributed by atoms with Gasteiger partial charge in [0.15, 0.2) is 34.9 Å². The van der Waals surface area contributed by atoms with Crippen LogP contribution in [0, 0.1) is 0 Å². The molecule has 107 heavy (non-hydrogen) atoms. The number of furan rings is 1. The lowest BCUT2D eigenvalue weighted by Crippen LogP contribution is -2.00. The van der Waals surface area contributed by atoms with E-state index in [-0.39, 0.29) is 0 Å². The van der Waals surface area contributed by atoms with Gasteiger partial charge in [-0.25, -0.2) is 29.9 Å². The fraction of sp³-hybridized carbons (Fsp3) is 0. The number of hydrogen-bond donors (Lipinski definition) is 0. The maximum Gasteiger partial charge on any atom is 0.167 e. The zero-order valence-electron chi connectivity index (χ0n) is 57.3. The minimum absolute atomic E-state index is 0.575. The van der Waals surface area contributed by atoms with Gasteiger partial charge in [0.05, 0.1) is 27.6 Å². The zero-order chi connectivity index (χ0) is 70.5. The summed E-state index contributed by atoms with van der Waals surface area (Å²) in [6.45, 7) is 0. The van der Waals surface area contributed by atoms with Crippen LogP contribution in [0.2, 0.25) is 0 Å². The molecule has 0 radical (unpaired) electrons. The van der Waals surface area contributed by atoms with Gasteiger partial charge in [0.25, 0.3) is 0 Å². The van der Waals surface area contributed by atoms with Crippen LogP contribution in [-0.2, 0) is 0 Å². The monoisotopic (exact) mass is 1400 g/mol. The van der Waals surface area contributed by atoms with Gasteiger partial charge in [0, 0.05) is 112 Å². The third-order valence-corrected chi connectivity index (χ3v) is 23.0. The normalized spacial score (nSPS) is 11.7. The highest BCUT2D eigenvalue weighted by atomic mass is 32.1. The van der Waals surface area contributed by atoms with Crippen molar-refractivity contribution in [3.63, 3.8) is 0 Å². The lowest BCUT2D eigenvalue weighted by molar-refractivity contribution is 0.669. The summed E-state index contributed by atoms with van der Waals surface area (Å²) in [5.74, 6) is 3.82. The third-order valence-electron chi connectivity index (χ3n) is 20.5. The van der Waals surface area contributed by atoms with Crippen molar-refractivity contribution >= 4 is 129 Å². The van der Waals surface area contributed by atoms with Crippen molar-refractivity contribution < 1.29 is 4.42 Å². The molecule has 0 saturated heterocycles. The first-order chi connectivity index (χ1) is 53.0. The van der Waals surface area contributed by atoms with Gasteiger partial charge in [-0.1, -0.05) is 255 Å². The Balaban J connectivity index is 0.000000138. The van der Waals surface area contributed by atoms with Crippen LogP contribution in [0.25, 0.3) is 208 Å². The molecule has 0 atom stereocenters. The number of aromatic nitrogens is 8. The van der Waals surface area contributed by atoms with E-state index >= 15 is 0 Å². The second kappa shape index (κ2) is 25.5. The smallest absolute Gasteiger partial charge is 0.167 e. The Morgan fingerprint density at radius 2 is 0.561 bits per heavy atom. The molecule has 9 nitrogen and oxygen atoms in total. The molecule has 7 heterocycles. The Hall–Kier alpha value is -13.8. The van der Waals surface area contributed by atoms with Crippen molar-refractivity contribution in [3.8, 4) is 102 Å². The largest absolute Gasteiger partial charge is 0.455 e. The van der Waals surface area contributed by atoms with E-state index in [2.05, 4.69) is 246 Å². The highest BCUT2D eigenvalue weighted by Gasteiger charge is 2.24. The van der Waals surface area contributed by atoms with Crippen LogP contribution in [0.3, 0.4) is 0 Å². The summed E-state index contributed by atoms with van der Waals surface area (Å²) < 4.78 is 16.0. The number of hydrogen-bond acceptors (Lipinski definition) is 9. The van der Waals surface area contributed by atoms with Gasteiger partial charge in [-0.2, -0.15) is 0 Å². The molecule has 7 aromatic heterocycles. The number of para-hydroxylation sites is 4. The molecule has 15 aromatic carbocycles. The summed E-state index contributed by atoms with van der Waals surface area (Å²) >= 11 is 3.57. The fourth-order valence-corrected chi connectivity index (χ4v) is 17.9. The number of fused-ring (bicyclic) bond motifs is 15. The van der Waals surface area contributed by atoms with Gasteiger partial charge in [-0.3, -0.25) is 0 Å². The molecule has 22 aromatic rings. The molecular formula is C96H58N8OS2. The summed E-state index contributed by atoms with van der Waals surface area (Å²) in [6, 6.07) is 124. The van der Waals surface area contributed by atoms with Gasteiger partial charge < -0.3 is 13.6 Å². The molecule has 0 aliphatic carbocycles. The maximum atomic E-state index is 6.46. The summed E-state index contributed by atoms with van der Waals surface area (Å²) in [5, 5.41) is 11.9. The van der Waals surface area contributed by atoms with E-state index in [0.29, 0.717) is 34.9 Å². The van der Waals surface area contributed by atoms with Crippen LogP contribution >= 0.6 is 22.7 Å². The molecule has 11 heteroatoms. The average Bonchev–Trinajstić information content (AvgIpc) is 1.61. The highest BCUT2D eigenvalue weighted by Crippen LogP contribution is 2.46. The van der Waals surface area contributed by atoms with Gasteiger partial charge in [-0.15, -0.1) is 22.7 Å². The molecule has 22 rings (SSSR count). The van der Waals surface area contributed by atoms with Crippen LogP contribution in [-0.4, -0.2) is 39.0 Å². The van der Waals surface area contributed by atoms with E-state index < -0.39 is 0 Å². The Morgan fingerprint density at radius 1 is 0.215 bits per heavy atom. The van der Waals surface area contributed by atoms with E-state index in [1.807, 2.05) is 115 Å². The van der Waals surface area contributed by atoms with Crippen molar-refractivity contribution in [3.05, 3.63) is 352 Å². The molecule has 0 unspecified atom stereocenters. The molecule has 0 amide bonds. The first kappa shape index (κ1) is 61.8. The third kappa shape index (κ3) is 10.7. The molecule has 500 valence electrons. The molecule has 0 aliphatic rings. The van der Waals surface area contributed by atoms with Crippen LogP contribution in [0.4, 0.5) is 0 Å². The Kier molecular flexibility index (Phi) is 14.8. The quantitative estimate of drug-likeness (QED) is 0.134. The topological polar surface area (TPSA) is 100 Å². The van der Waals surface area contributed by atoms with Crippen molar-refractivity contribution in [1.82, 2.24) is 39.0 Å². The number of nitrogens with zero attached hydrogens (tertiary/aromatic N) is 8. The van der Waals surface area contributed by atoms with Crippen LogP contribution < -0.4 is 0 Å². The minimum atomic E-state index is 0.575. The number of thiophene rings is 2. The SMILES string of the molecule is c1ccc(-c2ccc3c(c2)c2ccccc2n3-c2ccc3sc4c(-c5nc(-c6ccccc6)nc(-c6cccc7c6oc6ccccc67)n5)cccc4c3c2)cc1.c1ccc(-c2ccc3c(c2)c2ccccc2n3-c2ccc3sc4c(-c5nc(-c6ccccc6)nc(-c6ccccc6)n5)cccc4c3c2)cc1. The molecule has 0 saturated carbocycles. The highest BCUT2D eigenvalue weighted by molar-refractivity contribution is 7.26. The molecule has 0 fully saturated rings. The first-order valence-electron chi connectivity index (χ1n) is 35.7. The second-order valence-electron chi connectivity index (χ2n) is 26.8. The molecule has 0 spiro atoms. The van der Waals surface area contributed by atoms with E-state index in [4.69, 9.17) is 34.3 Å². The summed E-state index contributed by atoms with van der Waals surface area (Å²) in [6.07, 6.45) is 0. The van der Waals surface area contributed by atoms with Gasteiger partial charge >= 0.3 is 0 Å². The standard InChI is InChI=1S/C51H30N4OS.C45H28N4S/c1-3-13-31(14-4-1)33-25-27-44-41(29-33)35-17-7-9-23-43(35)55(44)34-26-28-46-42(30-34)38-20-12-22-40(48(38)57-46)51-53-49(32-15-5-2-6-16-32)52-50(54-51)39-21-11-19-37-36-18-8-10-24-45(36)56-47(37)39;1-4-13-29(14-5-1)32-23-25-40-37(27-32)34-19-10-11-22-39(34)49(40)33-24-26-41-38(28-33)35-20-12-21-36(42(35)50-41)45-47-43(30-15-6-2-7-16-30)46-44(48-45)31-17-8-3-9-18-31/h1-30H;1-28H. The number of rotatable bonds is 10. The van der Waals surface area contributed by atoms with E-state index in [0.717, 1.165) is 71.4 Å². The lowest BCUT2D eigenvalue weighted by atomic mass is 10.0. The van der Waals surface area contributed by atoms with Crippen molar-refractivity contribution in [2.45, 2.75) is 0 Å². The molecule has 0 bridgehead atoms. The van der Waals surface area contributed by atoms with E-state index in [1.165, 1.54) is 102 Å². The first-order valence-corrected chi connectivity index (χ1v) is 37.4.